The van der Waals surface area contributed by atoms with Crippen LogP contribution in [-0.2, 0) is 21.1 Å². The van der Waals surface area contributed by atoms with Crippen LogP contribution < -0.4 is 0 Å². The van der Waals surface area contributed by atoms with E-state index in [1.807, 2.05) is 11.8 Å². The molecule has 4 rings (SSSR count). The fourth-order valence-electron chi connectivity index (χ4n) is 4.20. The maximum absolute atomic E-state index is 12.8. The number of sulfone groups is 1. The standard InChI is InChI=1S/C22H26N2O3S/c1-17-6-8-19(9-7-17)28(26,27)15-11-22(25)24-14-13-23-12-10-18-4-2-3-5-20(18)21(23)16-24/h2-9,21H,10-16H2,1H3. The molecule has 2 aliphatic heterocycles. The van der Waals surface area contributed by atoms with Crippen molar-refractivity contribution in [1.82, 2.24) is 9.80 Å². The molecule has 1 unspecified atom stereocenters. The minimum atomic E-state index is -3.44. The summed E-state index contributed by atoms with van der Waals surface area (Å²) in [6, 6.07) is 15.5. The van der Waals surface area contributed by atoms with Gasteiger partial charge in [0, 0.05) is 32.6 Å². The van der Waals surface area contributed by atoms with Gasteiger partial charge in [-0.25, -0.2) is 8.42 Å². The van der Waals surface area contributed by atoms with Crippen LogP contribution in [0.3, 0.4) is 0 Å². The molecule has 1 saturated heterocycles. The highest BCUT2D eigenvalue weighted by Crippen LogP contribution is 2.32. The van der Waals surface area contributed by atoms with E-state index >= 15 is 0 Å². The lowest BCUT2D eigenvalue weighted by Crippen LogP contribution is -2.52. The number of rotatable bonds is 4. The second-order valence-corrected chi connectivity index (χ2v) is 9.83. The van der Waals surface area contributed by atoms with E-state index in [1.165, 1.54) is 11.1 Å². The molecule has 0 bridgehead atoms. The minimum absolute atomic E-state index is 0.0323. The quantitative estimate of drug-likeness (QED) is 0.794. The Morgan fingerprint density at radius 1 is 1.04 bits per heavy atom. The molecule has 1 amide bonds. The number of aryl methyl sites for hydroxylation is 1. The van der Waals surface area contributed by atoms with Gasteiger partial charge in [0.05, 0.1) is 16.7 Å². The zero-order valence-corrected chi connectivity index (χ0v) is 17.0. The molecular weight excluding hydrogens is 372 g/mol. The van der Waals surface area contributed by atoms with Crippen LogP contribution in [0.5, 0.6) is 0 Å². The molecule has 0 radical (unpaired) electrons. The third kappa shape index (κ3) is 3.84. The van der Waals surface area contributed by atoms with Gasteiger partial charge in [-0.1, -0.05) is 42.0 Å². The second kappa shape index (κ2) is 7.68. The van der Waals surface area contributed by atoms with Gasteiger partial charge in [0.15, 0.2) is 9.84 Å². The predicted octanol–water partition coefficient (Wildman–Crippen LogP) is 2.60. The molecule has 148 valence electrons. The van der Waals surface area contributed by atoms with Gasteiger partial charge in [0.2, 0.25) is 5.91 Å². The molecule has 2 aliphatic rings. The maximum Gasteiger partial charge on any atom is 0.223 e. The van der Waals surface area contributed by atoms with Crippen LogP contribution in [0.25, 0.3) is 0 Å². The summed E-state index contributed by atoms with van der Waals surface area (Å²) in [5, 5.41) is 0. The van der Waals surface area contributed by atoms with Crippen molar-refractivity contribution < 1.29 is 13.2 Å². The van der Waals surface area contributed by atoms with Crippen LogP contribution >= 0.6 is 0 Å². The monoisotopic (exact) mass is 398 g/mol. The van der Waals surface area contributed by atoms with E-state index in [0.29, 0.717) is 13.1 Å². The third-order valence-corrected chi connectivity index (χ3v) is 7.62. The summed E-state index contributed by atoms with van der Waals surface area (Å²) >= 11 is 0. The number of carbonyl (C=O) groups is 1. The average molecular weight is 399 g/mol. The first-order chi connectivity index (χ1) is 13.4. The molecule has 2 aromatic carbocycles. The Morgan fingerprint density at radius 2 is 1.79 bits per heavy atom. The van der Waals surface area contributed by atoms with Crippen molar-refractivity contribution in [3.8, 4) is 0 Å². The van der Waals surface area contributed by atoms with Crippen LogP contribution in [0.2, 0.25) is 0 Å². The van der Waals surface area contributed by atoms with Crippen LogP contribution in [-0.4, -0.2) is 56.1 Å². The SMILES string of the molecule is Cc1ccc(S(=O)(=O)CCC(=O)N2CCN3CCc4ccccc4C3C2)cc1. The lowest BCUT2D eigenvalue weighted by Gasteiger charge is -2.45. The van der Waals surface area contributed by atoms with E-state index in [2.05, 4.69) is 29.2 Å². The topological polar surface area (TPSA) is 57.7 Å². The number of fused-ring (bicyclic) bond motifs is 3. The number of amides is 1. The third-order valence-electron chi connectivity index (χ3n) is 5.89. The summed E-state index contributed by atoms with van der Waals surface area (Å²) in [6.07, 6.45) is 1.08. The molecule has 2 aromatic rings. The first kappa shape index (κ1) is 19.2. The van der Waals surface area contributed by atoms with Crippen LogP contribution in [0.1, 0.15) is 29.2 Å². The number of nitrogens with zero attached hydrogens (tertiary/aromatic N) is 2. The molecule has 1 fully saturated rings. The van der Waals surface area contributed by atoms with Crippen LogP contribution in [0.15, 0.2) is 53.4 Å². The Kier molecular flexibility index (Phi) is 5.25. The van der Waals surface area contributed by atoms with E-state index in [4.69, 9.17) is 0 Å². The van der Waals surface area contributed by atoms with Gasteiger partial charge in [-0.05, 0) is 36.6 Å². The lowest BCUT2D eigenvalue weighted by molar-refractivity contribution is -0.134. The van der Waals surface area contributed by atoms with Gasteiger partial charge < -0.3 is 4.90 Å². The van der Waals surface area contributed by atoms with Crippen molar-refractivity contribution in [3.05, 3.63) is 65.2 Å². The zero-order valence-electron chi connectivity index (χ0n) is 16.2. The average Bonchev–Trinajstić information content (AvgIpc) is 2.72. The number of benzene rings is 2. The van der Waals surface area contributed by atoms with Crippen molar-refractivity contribution >= 4 is 15.7 Å². The van der Waals surface area contributed by atoms with E-state index in [-0.39, 0.29) is 29.0 Å². The van der Waals surface area contributed by atoms with Crippen molar-refractivity contribution in [1.29, 1.82) is 0 Å². The van der Waals surface area contributed by atoms with Gasteiger partial charge >= 0.3 is 0 Å². The minimum Gasteiger partial charge on any atom is -0.339 e. The zero-order chi connectivity index (χ0) is 19.7. The normalized spacial score (nSPS) is 19.8. The van der Waals surface area contributed by atoms with E-state index in [1.54, 1.807) is 24.3 Å². The summed E-state index contributed by atoms with van der Waals surface area (Å²) in [4.78, 5) is 17.3. The fraction of sp³-hybridized carbons (Fsp3) is 0.409. The van der Waals surface area contributed by atoms with E-state index < -0.39 is 9.84 Å². The van der Waals surface area contributed by atoms with Gasteiger partial charge in [0.25, 0.3) is 0 Å². The highest BCUT2D eigenvalue weighted by atomic mass is 32.2. The van der Waals surface area contributed by atoms with Crippen molar-refractivity contribution in [2.24, 2.45) is 0 Å². The molecule has 5 nitrogen and oxygen atoms in total. The Hall–Kier alpha value is -2.18. The Balaban J connectivity index is 1.41. The molecular formula is C22H26N2O3S. The number of hydrogen-bond acceptors (Lipinski definition) is 4. The summed E-state index contributed by atoms with van der Waals surface area (Å²) in [7, 11) is -3.44. The molecule has 0 spiro atoms. The van der Waals surface area contributed by atoms with Crippen molar-refractivity contribution in [2.75, 3.05) is 31.9 Å². The largest absolute Gasteiger partial charge is 0.339 e. The molecule has 2 heterocycles. The predicted molar refractivity (Wildman–Crippen MR) is 109 cm³/mol. The Labute approximate surface area is 166 Å². The molecule has 0 aliphatic carbocycles. The number of piperazine rings is 1. The first-order valence-corrected chi connectivity index (χ1v) is 11.5. The molecule has 0 aromatic heterocycles. The molecule has 28 heavy (non-hydrogen) atoms. The number of carbonyl (C=O) groups excluding carboxylic acids is 1. The summed E-state index contributed by atoms with van der Waals surface area (Å²) in [6.45, 7) is 5.09. The van der Waals surface area contributed by atoms with Crippen LogP contribution in [0.4, 0.5) is 0 Å². The van der Waals surface area contributed by atoms with Crippen LogP contribution in [0, 0.1) is 6.92 Å². The number of hydrogen-bond donors (Lipinski definition) is 0. The Morgan fingerprint density at radius 3 is 2.57 bits per heavy atom. The van der Waals surface area contributed by atoms with Crippen molar-refractivity contribution in [2.45, 2.75) is 30.7 Å². The highest BCUT2D eigenvalue weighted by molar-refractivity contribution is 7.91. The molecule has 0 N–H and O–H groups in total. The smallest absolute Gasteiger partial charge is 0.223 e. The fourth-order valence-corrected chi connectivity index (χ4v) is 5.43. The Bertz CT molecular complexity index is 970. The lowest BCUT2D eigenvalue weighted by atomic mass is 9.91. The summed E-state index contributed by atoms with van der Waals surface area (Å²) in [5.41, 5.74) is 3.68. The van der Waals surface area contributed by atoms with Gasteiger partial charge in [-0.2, -0.15) is 0 Å². The second-order valence-electron chi connectivity index (χ2n) is 7.72. The first-order valence-electron chi connectivity index (χ1n) is 9.83. The molecule has 6 heteroatoms. The van der Waals surface area contributed by atoms with Gasteiger partial charge in [-0.3, -0.25) is 9.69 Å². The van der Waals surface area contributed by atoms with E-state index in [0.717, 1.165) is 25.1 Å². The summed E-state index contributed by atoms with van der Waals surface area (Å²) < 4.78 is 25.1. The highest BCUT2D eigenvalue weighted by Gasteiger charge is 2.34. The summed E-state index contributed by atoms with van der Waals surface area (Å²) in [5.74, 6) is -0.213. The molecule has 0 saturated carbocycles. The molecule has 1 atom stereocenters. The van der Waals surface area contributed by atoms with Crippen molar-refractivity contribution in [3.63, 3.8) is 0 Å². The maximum atomic E-state index is 12.8. The van der Waals surface area contributed by atoms with Gasteiger partial charge in [-0.15, -0.1) is 0 Å². The van der Waals surface area contributed by atoms with Gasteiger partial charge in [0.1, 0.15) is 0 Å². The van der Waals surface area contributed by atoms with E-state index in [9.17, 15) is 13.2 Å².